The molecule has 0 aliphatic rings. The third-order valence-corrected chi connectivity index (χ3v) is 2.14. The van der Waals surface area contributed by atoms with Gasteiger partial charge in [-0.05, 0) is 35.9 Å². The van der Waals surface area contributed by atoms with E-state index in [9.17, 15) is 0 Å². The maximum atomic E-state index is 5.66. The van der Waals surface area contributed by atoms with Crippen LogP contribution in [0.1, 0.15) is 0 Å². The van der Waals surface area contributed by atoms with Gasteiger partial charge in [0.25, 0.3) is 0 Å². The maximum absolute atomic E-state index is 5.66. The van der Waals surface area contributed by atoms with Crippen LogP contribution in [0.2, 0.25) is 5.28 Å². The van der Waals surface area contributed by atoms with Crippen LogP contribution in [-0.2, 0) is 0 Å². The average molecular weight is 252 g/mol. The number of nitrogens with zero attached hydrogens (tertiary/aromatic N) is 3. The quantitative estimate of drug-likeness (QED) is 0.866. The summed E-state index contributed by atoms with van der Waals surface area (Å²) in [6.45, 7) is 0. The third-order valence-electron chi connectivity index (χ3n) is 1.97. The molecular formula is C10H10ClN5O. The summed E-state index contributed by atoms with van der Waals surface area (Å²) in [5.74, 6) is 1.14. The van der Waals surface area contributed by atoms with Gasteiger partial charge in [0, 0.05) is 5.69 Å². The standard InChI is InChI=1S/C10H10ClN5O/c1-17-7-4-2-6(3-5-7)13-10-15-8(11)14-9(12)16-10/h2-5H,1H3,(H3,12,13,14,15,16). The average Bonchev–Trinajstić information content (AvgIpc) is 2.28. The second-order valence-corrected chi connectivity index (χ2v) is 3.48. The van der Waals surface area contributed by atoms with Gasteiger partial charge in [0.1, 0.15) is 5.75 Å². The SMILES string of the molecule is COc1ccc(Nc2nc(N)nc(Cl)n2)cc1. The van der Waals surface area contributed by atoms with Gasteiger partial charge in [-0.2, -0.15) is 15.0 Å². The molecule has 0 amide bonds. The lowest BCUT2D eigenvalue weighted by molar-refractivity contribution is 0.415. The molecule has 7 heteroatoms. The minimum absolute atomic E-state index is 0.0495. The Balaban J connectivity index is 2.19. The van der Waals surface area contributed by atoms with E-state index in [0.717, 1.165) is 11.4 Å². The summed E-state index contributed by atoms with van der Waals surface area (Å²) in [5, 5.41) is 3.00. The van der Waals surface area contributed by atoms with Crippen LogP contribution in [0.15, 0.2) is 24.3 Å². The molecule has 6 nitrogen and oxygen atoms in total. The normalized spacial score (nSPS) is 10.0. The van der Waals surface area contributed by atoms with Gasteiger partial charge in [0.15, 0.2) is 0 Å². The van der Waals surface area contributed by atoms with Crippen molar-refractivity contribution in [3.05, 3.63) is 29.5 Å². The highest BCUT2D eigenvalue weighted by Crippen LogP contribution is 2.18. The molecule has 0 aliphatic heterocycles. The maximum Gasteiger partial charge on any atom is 0.233 e. The molecular weight excluding hydrogens is 242 g/mol. The molecule has 2 rings (SSSR count). The van der Waals surface area contributed by atoms with Gasteiger partial charge >= 0.3 is 0 Å². The van der Waals surface area contributed by atoms with Crippen molar-refractivity contribution in [3.8, 4) is 5.75 Å². The summed E-state index contributed by atoms with van der Waals surface area (Å²) in [6, 6.07) is 7.28. The van der Waals surface area contributed by atoms with Gasteiger partial charge in [-0.3, -0.25) is 0 Å². The van der Waals surface area contributed by atoms with Crippen molar-refractivity contribution >= 4 is 29.2 Å². The first-order valence-electron chi connectivity index (χ1n) is 4.75. The molecule has 1 heterocycles. The Morgan fingerprint density at radius 2 is 1.88 bits per heavy atom. The van der Waals surface area contributed by atoms with Gasteiger partial charge in [-0.25, -0.2) is 0 Å². The largest absolute Gasteiger partial charge is 0.497 e. The molecule has 0 saturated heterocycles. The first kappa shape index (κ1) is 11.4. The molecule has 2 aromatic rings. The van der Waals surface area contributed by atoms with E-state index in [0.29, 0.717) is 5.95 Å². The van der Waals surface area contributed by atoms with Crippen LogP contribution < -0.4 is 15.8 Å². The van der Waals surface area contributed by atoms with E-state index in [2.05, 4.69) is 20.3 Å². The molecule has 0 unspecified atom stereocenters. The number of nitrogen functional groups attached to an aromatic ring is 1. The third kappa shape index (κ3) is 2.94. The van der Waals surface area contributed by atoms with Gasteiger partial charge in [0.2, 0.25) is 17.2 Å². The Labute approximate surface area is 103 Å². The molecule has 0 atom stereocenters. The molecule has 0 saturated carbocycles. The minimum Gasteiger partial charge on any atom is -0.497 e. The number of hydrogen-bond acceptors (Lipinski definition) is 6. The number of rotatable bonds is 3. The number of ether oxygens (including phenoxy) is 1. The smallest absolute Gasteiger partial charge is 0.233 e. The van der Waals surface area contributed by atoms with Crippen LogP contribution in [0.3, 0.4) is 0 Å². The minimum atomic E-state index is 0.0495. The predicted molar refractivity (Wildman–Crippen MR) is 65.5 cm³/mol. The van der Waals surface area contributed by atoms with E-state index in [1.165, 1.54) is 0 Å². The number of benzene rings is 1. The van der Waals surface area contributed by atoms with E-state index >= 15 is 0 Å². The van der Waals surface area contributed by atoms with Crippen LogP contribution in [0.5, 0.6) is 5.75 Å². The summed E-state index contributed by atoms with van der Waals surface area (Å²) >= 11 is 5.66. The second-order valence-electron chi connectivity index (χ2n) is 3.14. The lowest BCUT2D eigenvalue weighted by Gasteiger charge is -2.06. The first-order valence-corrected chi connectivity index (χ1v) is 5.13. The Morgan fingerprint density at radius 3 is 2.47 bits per heavy atom. The van der Waals surface area contributed by atoms with E-state index in [1.807, 2.05) is 24.3 Å². The highest BCUT2D eigenvalue weighted by Gasteiger charge is 2.02. The number of aromatic nitrogens is 3. The fourth-order valence-corrected chi connectivity index (χ4v) is 1.39. The van der Waals surface area contributed by atoms with Crippen molar-refractivity contribution in [1.29, 1.82) is 0 Å². The number of nitrogens with two attached hydrogens (primary N) is 1. The zero-order valence-corrected chi connectivity index (χ0v) is 9.77. The van der Waals surface area contributed by atoms with Crippen LogP contribution in [-0.4, -0.2) is 22.1 Å². The van der Waals surface area contributed by atoms with Crippen LogP contribution in [0.25, 0.3) is 0 Å². The fourth-order valence-electron chi connectivity index (χ4n) is 1.22. The van der Waals surface area contributed by atoms with Crippen LogP contribution in [0, 0.1) is 0 Å². The molecule has 0 aliphatic carbocycles. The Bertz CT molecular complexity index is 496. The van der Waals surface area contributed by atoms with Crippen molar-refractivity contribution in [2.24, 2.45) is 0 Å². The molecule has 0 fully saturated rings. The van der Waals surface area contributed by atoms with Crippen molar-refractivity contribution in [2.45, 2.75) is 0 Å². The van der Waals surface area contributed by atoms with Gasteiger partial charge in [0.05, 0.1) is 7.11 Å². The highest BCUT2D eigenvalue weighted by molar-refractivity contribution is 6.28. The van der Waals surface area contributed by atoms with E-state index in [1.54, 1.807) is 7.11 Å². The summed E-state index contributed by atoms with van der Waals surface area (Å²) in [5.41, 5.74) is 6.25. The number of anilines is 3. The highest BCUT2D eigenvalue weighted by atomic mass is 35.5. The predicted octanol–water partition coefficient (Wildman–Crippen LogP) is 1.86. The lowest BCUT2D eigenvalue weighted by Crippen LogP contribution is -2.03. The molecule has 1 aromatic heterocycles. The monoisotopic (exact) mass is 251 g/mol. The summed E-state index contributed by atoms with van der Waals surface area (Å²) in [6.07, 6.45) is 0. The van der Waals surface area contributed by atoms with Crippen molar-refractivity contribution in [2.75, 3.05) is 18.2 Å². The number of methoxy groups -OCH3 is 1. The molecule has 17 heavy (non-hydrogen) atoms. The molecule has 1 aromatic carbocycles. The molecule has 0 radical (unpaired) electrons. The van der Waals surface area contributed by atoms with Crippen molar-refractivity contribution in [3.63, 3.8) is 0 Å². The molecule has 0 bridgehead atoms. The van der Waals surface area contributed by atoms with Crippen molar-refractivity contribution in [1.82, 2.24) is 15.0 Å². The zero-order chi connectivity index (χ0) is 12.3. The van der Waals surface area contributed by atoms with E-state index < -0.39 is 0 Å². The van der Waals surface area contributed by atoms with Crippen LogP contribution >= 0.6 is 11.6 Å². The molecule has 0 spiro atoms. The van der Waals surface area contributed by atoms with E-state index in [4.69, 9.17) is 22.1 Å². The van der Waals surface area contributed by atoms with Gasteiger partial charge < -0.3 is 15.8 Å². The Hall–Kier alpha value is -2.08. The Morgan fingerprint density at radius 1 is 1.18 bits per heavy atom. The summed E-state index contributed by atoms with van der Waals surface area (Å²) in [7, 11) is 1.61. The van der Waals surface area contributed by atoms with Crippen molar-refractivity contribution < 1.29 is 4.74 Å². The fraction of sp³-hybridized carbons (Fsp3) is 0.100. The molecule has 3 N–H and O–H groups in total. The lowest BCUT2D eigenvalue weighted by atomic mass is 10.3. The van der Waals surface area contributed by atoms with Gasteiger partial charge in [-0.1, -0.05) is 0 Å². The second kappa shape index (κ2) is 4.84. The van der Waals surface area contributed by atoms with Gasteiger partial charge in [-0.15, -0.1) is 0 Å². The number of hydrogen-bond donors (Lipinski definition) is 2. The summed E-state index contributed by atoms with van der Waals surface area (Å²) < 4.78 is 5.05. The van der Waals surface area contributed by atoms with Crippen LogP contribution in [0.4, 0.5) is 17.6 Å². The summed E-state index contributed by atoms with van der Waals surface area (Å²) in [4.78, 5) is 11.5. The van der Waals surface area contributed by atoms with E-state index in [-0.39, 0.29) is 11.2 Å². The first-order chi connectivity index (χ1) is 8.17. The number of halogens is 1. The Kier molecular flexibility index (Phi) is 3.24. The topological polar surface area (TPSA) is 86.0 Å². The molecule has 88 valence electrons. The zero-order valence-electron chi connectivity index (χ0n) is 9.01. The number of nitrogens with one attached hydrogen (secondary N) is 1.